The third-order valence-electron chi connectivity index (χ3n) is 2.38. The number of H-pyrrole nitrogens is 1. The molecule has 0 aromatic carbocycles. The van der Waals surface area contributed by atoms with Crippen molar-refractivity contribution in [2.24, 2.45) is 0 Å². The molecule has 2 N–H and O–H groups in total. The van der Waals surface area contributed by atoms with E-state index >= 15 is 0 Å². The molecule has 16 heavy (non-hydrogen) atoms. The average Bonchev–Trinajstić information content (AvgIpc) is 2.69. The minimum absolute atomic E-state index is 0.0161. The molecule has 0 radical (unpaired) electrons. The Labute approximate surface area is 93.7 Å². The highest BCUT2D eigenvalue weighted by atomic mass is 16.5. The predicted octanol–water partition coefficient (Wildman–Crippen LogP) is 0.527. The van der Waals surface area contributed by atoms with Crippen molar-refractivity contribution >= 4 is 5.97 Å². The van der Waals surface area contributed by atoms with E-state index in [-0.39, 0.29) is 19.0 Å². The zero-order valence-corrected chi connectivity index (χ0v) is 9.12. The largest absolute Gasteiger partial charge is 0.469 e. The fraction of sp³-hybridized carbons (Fsp3) is 0.455. The average molecular weight is 223 g/mol. The minimum atomic E-state index is -0.283. The van der Waals surface area contributed by atoms with Crippen LogP contribution in [0.4, 0.5) is 0 Å². The molecular formula is C11H14N2O3. The van der Waals surface area contributed by atoms with E-state index in [0.29, 0.717) is 18.5 Å². The van der Waals surface area contributed by atoms with Crippen molar-refractivity contribution in [3.05, 3.63) is 23.0 Å². The van der Waals surface area contributed by atoms with Gasteiger partial charge in [-0.1, -0.05) is 0 Å². The number of aliphatic hydroxyl groups is 1. The summed E-state index contributed by atoms with van der Waals surface area (Å²) in [4.78, 5) is 13.8. The van der Waals surface area contributed by atoms with Crippen LogP contribution in [0.25, 0.3) is 0 Å². The highest BCUT2D eigenvalue weighted by Gasteiger charge is 2.11. The number of aliphatic hydroxyl groups excluding tert-OH is 1. The molecule has 0 fully saturated rings. The van der Waals surface area contributed by atoms with Crippen LogP contribution in [0, 0.1) is 11.3 Å². The lowest BCUT2D eigenvalue weighted by Crippen LogP contribution is -2.03. The first-order chi connectivity index (χ1) is 7.72. The quantitative estimate of drug-likeness (QED) is 0.713. The number of nitrogens with one attached hydrogen (secondary N) is 1. The van der Waals surface area contributed by atoms with E-state index in [1.807, 2.05) is 6.07 Å². The zero-order chi connectivity index (χ0) is 12.0. The first-order valence-electron chi connectivity index (χ1n) is 4.99. The summed E-state index contributed by atoms with van der Waals surface area (Å²) >= 11 is 0. The Hall–Kier alpha value is -1.80. The van der Waals surface area contributed by atoms with Gasteiger partial charge >= 0.3 is 5.97 Å². The van der Waals surface area contributed by atoms with Gasteiger partial charge in [-0.05, 0) is 24.0 Å². The van der Waals surface area contributed by atoms with Crippen molar-refractivity contribution in [3.63, 3.8) is 0 Å². The number of carbonyl (C=O) groups is 1. The lowest BCUT2D eigenvalue weighted by molar-refractivity contribution is -0.140. The van der Waals surface area contributed by atoms with Crippen molar-refractivity contribution in [2.45, 2.75) is 19.3 Å². The highest BCUT2D eigenvalue weighted by molar-refractivity contribution is 5.69. The summed E-state index contributed by atoms with van der Waals surface area (Å²) < 4.78 is 4.54. The smallest absolute Gasteiger partial charge is 0.305 e. The van der Waals surface area contributed by atoms with Gasteiger partial charge in [-0.2, -0.15) is 5.26 Å². The van der Waals surface area contributed by atoms with Gasteiger partial charge in [-0.3, -0.25) is 4.79 Å². The van der Waals surface area contributed by atoms with E-state index in [9.17, 15) is 4.79 Å². The lowest BCUT2D eigenvalue weighted by Gasteiger charge is -2.02. The van der Waals surface area contributed by atoms with Crippen molar-refractivity contribution < 1.29 is 14.6 Å². The number of rotatable bonds is 5. The third kappa shape index (κ3) is 2.84. The second kappa shape index (κ2) is 5.93. The van der Waals surface area contributed by atoms with Crippen molar-refractivity contribution in [1.29, 1.82) is 5.26 Å². The molecule has 0 spiro atoms. The molecule has 0 unspecified atom stereocenters. The van der Waals surface area contributed by atoms with Crippen LogP contribution in [0.15, 0.2) is 6.20 Å². The molecule has 0 aliphatic heterocycles. The molecule has 86 valence electrons. The fourth-order valence-corrected chi connectivity index (χ4v) is 1.55. The van der Waals surface area contributed by atoms with Crippen LogP contribution in [0.5, 0.6) is 0 Å². The van der Waals surface area contributed by atoms with E-state index in [2.05, 4.69) is 9.72 Å². The normalized spacial score (nSPS) is 9.81. The molecule has 0 saturated heterocycles. The van der Waals surface area contributed by atoms with E-state index in [1.165, 1.54) is 7.11 Å². The molecule has 0 aliphatic rings. The molecule has 0 saturated carbocycles. The van der Waals surface area contributed by atoms with E-state index in [4.69, 9.17) is 10.4 Å². The molecule has 0 bridgehead atoms. The van der Waals surface area contributed by atoms with Gasteiger partial charge in [0.25, 0.3) is 0 Å². The second-order valence-electron chi connectivity index (χ2n) is 3.33. The van der Waals surface area contributed by atoms with Crippen molar-refractivity contribution in [1.82, 2.24) is 4.98 Å². The molecule has 0 atom stereocenters. The number of ether oxygens (including phenoxy) is 1. The first kappa shape index (κ1) is 12.3. The van der Waals surface area contributed by atoms with Crippen LogP contribution in [0.2, 0.25) is 0 Å². The van der Waals surface area contributed by atoms with Crippen LogP contribution in [-0.4, -0.2) is 29.8 Å². The van der Waals surface area contributed by atoms with Gasteiger partial charge < -0.3 is 14.8 Å². The Morgan fingerprint density at radius 1 is 1.62 bits per heavy atom. The number of esters is 1. The summed E-state index contributed by atoms with van der Waals surface area (Å²) in [6, 6.07) is 2.02. The number of nitriles is 1. The topological polar surface area (TPSA) is 86.1 Å². The minimum Gasteiger partial charge on any atom is -0.469 e. The molecule has 0 amide bonds. The predicted molar refractivity (Wildman–Crippen MR) is 56.6 cm³/mol. The second-order valence-corrected chi connectivity index (χ2v) is 3.33. The van der Waals surface area contributed by atoms with Crippen LogP contribution >= 0.6 is 0 Å². The van der Waals surface area contributed by atoms with Crippen LogP contribution in [0.3, 0.4) is 0 Å². The van der Waals surface area contributed by atoms with E-state index in [0.717, 1.165) is 11.1 Å². The number of aromatic amines is 1. The fourth-order valence-electron chi connectivity index (χ4n) is 1.55. The van der Waals surface area contributed by atoms with Gasteiger partial charge in [0.15, 0.2) is 0 Å². The summed E-state index contributed by atoms with van der Waals surface area (Å²) in [5.41, 5.74) is 2.12. The molecule has 5 heteroatoms. The van der Waals surface area contributed by atoms with Gasteiger partial charge in [0.05, 0.1) is 7.11 Å². The maximum absolute atomic E-state index is 11.0. The Morgan fingerprint density at radius 3 is 2.94 bits per heavy atom. The SMILES string of the molecule is COC(=O)CCc1c[nH]c(C#N)[13c]1CCO. The Bertz CT molecular complexity index is 404. The van der Waals surface area contributed by atoms with Gasteiger partial charge in [0.2, 0.25) is 0 Å². The number of hydrogen-bond acceptors (Lipinski definition) is 4. The zero-order valence-electron chi connectivity index (χ0n) is 9.12. The van der Waals surface area contributed by atoms with Crippen LogP contribution in [0.1, 0.15) is 23.2 Å². The number of carbonyl (C=O) groups excluding carboxylic acids is 1. The Balaban J connectivity index is 2.76. The molecular weight excluding hydrogens is 209 g/mol. The molecule has 1 rings (SSSR count). The Morgan fingerprint density at radius 2 is 2.38 bits per heavy atom. The van der Waals surface area contributed by atoms with Gasteiger partial charge in [0.1, 0.15) is 11.8 Å². The number of methoxy groups -OCH3 is 1. The number of hydrogen-bond donors (Lipinski definition) is 2. The molecule has 0 aliphatic carbocycles. The van der Waals surface area contributed by atoms with E-state index in [1.54, 1.807) is 6.20 Å². The maximum Gasteiger partial charge on any atom is 0.305 e. The van der Waals surface area contributed by atoms with Crippen LogP contribution in [-0.2, 0) is 22.4 Å². The maximum atomic E-state index is 11.0. The molecule has 1 aromatic rings. The van der Waals surface area contributed by atoms with Gasteiger partial charge in [-0.25, -0.2) is 0 Å². The summed E-state index contributed by atoms with van der Waals surface area (Å²) in [5, 5.41) is 17.7. The highest BCUT2D eigenvalue weighted by Crippen LogP contribution is 2.16. The number of aryl methyl sites for hydroxylation is 1. The summed E-state index contributed by atoms with van der Waals surface area (Å²) in [7, 11) is 1.34. The van der Waals surface area contributed by atoms with Crippen molar-refractivity contribution in [3.8, 4) is 6.07 Å². The lowest BCUT2D eigenvalue weighted by atomic mass is 10.2. The summed E-state index contributed by atoms with van der Waals surface area (Å²) in [6.07, 6.45) is 2.91. The number of aromatic nitrogens is 1. The third-order valence-corrected chi connectivity index (χ3v) is 2.38. The Kier molecular flexibility index (Phi) is 4.55. The number of nitrogens with zero attached hydrogens (tertiary/aromatic N) is 1. The van der Waals surface area contributed by atoms with E-state index < -0.39 is 0 Å². The molecule has 1 aromatic heterocycles. The van der Waals surface area contributed by atoms with Gasteiger partial charge in [0, 0.05) is 19.2 Å². The molecule has 5 nitrogen and oxygen atoms in total. The first-order valence-corrected chi connectivity index (χ1v) is 4.99. The van der Waals surface area contributed by atoms with Crippen LogP contribution < -0.4 is 0 Å². The standard InChI is InChI=1S/C11H14N2O3/c1-16-11(15)3-2-8-7-13-10(6-12)9(8)4-5-14/h7,13-14H,2-5H2,1H3/i9+1. The molecule has 1 heterocycles. The summed E-state index contributed by atoms with van der Waals surface area (Å²) in [6.45, 7) is -0.0161. The summed E-state index contributed by atoms with van der Waals surface area (Å²) in [5.74, 6) is -0.283. The van der Waals surface area contributed by atoms with Crippen molar-refractivity contribution in [2.75, 3.05) is 13.7 Å². The van der Waals surface area contributed by atoms with Gasteiger partial charge in [-0.15, -0.1) is 0 Å². The monoisotopic (exact) mass is 223 g/mol.